The number of piperazine rings is 1. The number of likely N-dealkylation sites (tertiary alicyclic amines) is 1. The van der Waals surface area contributed by atoms with Crippen LogP contribution in [-0.4, -0.2) is 80.6 Å². The molecular weight excluding hydrogens is 383 g/mol. The van der Waals surface area contributed by atoms with E-state index in [9.17, 15) is 9.18 Å². The Morgan fingerprint density at radius 2 is 1.80 bits per heavy atom. The summed E-state index contributed by atoms with van der Waals surface area (Å²) < 4.78 is 14.7. The molecule has 2 saturated heterocycles. The first-order valence-electron chi connectivity index (χ1n) is 11.2. The van der Waals surface area contributed by atoms with Gasteiger partial charge in [0, 0.05) is 45.8 Å². The van der Waals surface area contributed by atoms with Crippen LogP contribution < -0.4 is 15.5 Å². The van der Waals surface area contributed by atoms with Crippen molar-refractivity contribution in [2.45, 2.75) is 33.2 Å². The second-order valence-electron chi connectivity index (χ2n) is 7.84. The molecule has 2 aliphatic heterocycles. The lowest BCUT2D eigenvalue weighted by molar-refractivity contribution is -0.128. The number of hydrogen-bond acceptors (Lipinski definition) is 4. The summed E-state index contributed by atoms with van der Waals surface area (Å²) in [7, 11) is 0. The molecule has 166 valence electrons. The Morgan fingerprint density at radius 1 is 1.07 bits per heavy atom. The minimum Gasteiger partial charge on any atom is -0.367 e. The smallest absolute Gasteiger partial charge is 0.241 e. The van der Waals surface area contributed by atoms with Gasteiger partial charge in [-0.15, -0.1) is 0 Å². The van der Waals surface area contributed by atoms with E-state index in [2.05, 4.69) is 32.3 Å². The van der Waals surface area contributed by atoms with Crippen LogP contribution in [0.4, 0.5) is 10.1 Å². The summed E-state index contributed by atoms with van der Waals surface area (Å²) in [6.07, 6.45) is 2.16. The molecule has 1 aromatic rings. The van der Waals surface area contributed by atoms with Crippen molar-refractivity contribution in [3.05, 3.63) is 29.6 Å². The minimum absolute atomic E-state index is 0.0941. The molecule has 0 aromatic heterocycles. The predicted octanol–water partition coefficient (Wildman–Crippen LogP) is 1.65. The highest BCUT2D eigenvalue weighted by atomic mass is 19.1. The third kappa shape index (κ3) is 6.08. The Bertz CT molecular complexity index is 726. The quantitative estimate of drug-likeness (QED) is 0.521. The number of aliphatic imine (C=N–C) groups is 1. The van der Waals surface area contributed by atoms with Crippen LogP contribution in [-0.2, 0) is 11.3 Å². The number of carbonyl (C=O) groups excluding carboxylic acids is 1. The molecule has 0 radical (unpaired) electrons. The zero-order valence-corrected chi connectivity index (χ0v) is 18.3. The Labute approximate surface area is 179 Å². The molecule has 0 unspecified atom stereocenters. The monoisotopic (exact) mass is 418 g/mol. The Balaban J connectivity index is 1.56. The van der Waals surface area contributed by atoms with Gasteiger partial charge in [0.25, 0.3) is 0 Å². The van der Waals surface area contributed by atoms with Crippen LogP contribution in [0.2, 0.25) is 0 Å². The van der Waals surface area contributed by atoms with Gasteiger partial charge < -0.3 is 25.3 Å². The third-order valence-electron chi connectivity index (χ3n) is 5.80. The molecule has 1 amide bonds. The number of carbonyl (C=O) groups is 1. The minimum atomic E-state index is -0.199. The Hall–Kier alpha value is -2.35. The Kier molecular flexibility index (Phi) is 8.30. The molecule has 8 heteroatoms. The van der Waals surface area contributed by atoms with Crippen LogP contribution in [0.3, 0.4) is 0 Å². The number of nitrogens with zero attached hydrogens (tertiary/aromatic N) is 4. The van der Waals surface area contributed by atoms with Gasteiger partial charge in [0.15, 0.2) is 5.96 Å². The van der Waals surface area contributed by atoms with Gasteiger partial charge in [0.05, 0.1) is 18.8 Å². The molecule has 3 rings (SSSR count). The van der Waals surface area contributed by atoms with E-state index in [1.54, 1.807) is 6.07 Å². The number of hydrogen-bond donors (Lipinski definition) is 2. The van der Waals surface area contributed by atoms with E-state index >= 15 is 0 Å². The molecule has 30 heavy (non-hydrogen) atoms. The molecule has 2 aliphatic rings. The average Bonchev–Trinajstić information content (AvgIpc) is 3.31. The van der Waals surface area contributed by atoms with E-state index < -0.39 is 0 Å². The lowest BCUT2D eigenvalue weighted by Crippen LogP contribution is -2.46. The summed E-state index contributed by atoms with van der Waals surface area (Å²) in [6, 6.07) is 5.37. The maximum atomic E-state index is 14.7. The van der Waals surface area contributed by atoms with Crippen LogP contribution in [0, 0.1) is 5.82 Å². The van der Waals surface area contributed by atoms with Gasteiger partial charge >= 0.3 is 0 Å². The highest BCUT2D eigenvalue weighted by molar-refractivity contribution is 5.86. The van der Waals surface area contributed by atoms with E-state index in [0.29, 0.717) is 24.7 Å². The van der Waals surface area contributed by atoms with Crippen molar-refractivity contribution in [3.8, 4) is 0 Å². The second-order valence-corrected chi connectivity index (χ2v) is 7.84. The van der Waals surface area contributed by atoms with Gasteiger partial charge in [-0.05, 0) is 44.0 Å². The summed E-state index contributed by atoms with van der Waals surface area (Å²) in [5, 5.41) is 6.24. The fraction of sp³-hybridized carbons (Fsp3) is 0.636. The zero-order chi connectivity index (χ0) is 21.3. The van der Waals surface area contributed by atoms with E-state index in [1.165, 1.54) is 0 Å². The van der Waals surface area contributed by atoms with Gasteiger partial charge in [-0.1, -0.05) is 13.0 Å². The first kappa shape index (κ1) is 22.3. The molecule has 1 aromatic carbocycles. The summed E-state index contributed by atoms with van der Waals surface area (Å²) in [5.41, 5.74) is 1.48. The first-order valence-corrected chi connectivity index (χ1v) is 11.2. The molecule has 0 atom stereocenters. The summed E-state index contributed by atoms with van der Waals surface area (Å²) >= 11 is 0. The maximum Gasteiger partial charge on any atom is 0.241 e. The number of halogens is 1. The number of anilines is 1. The largest absolute Gasteiger partial charge is 0.367 e. The molecule has 0 aliphatic carbocycles. The number of nitrogens with one attached hydrogen (secondary N) is 2. The van der Waals surface area contributed by atoms with E-state index in [-0.39, 0.29) is 18.3 Å². The fourth-order valence-electron chi connectivity index (χ4n) is 3.96. The van der Waals surface area contributed by atoms with Crippen LogP contribution in [0.5, 0.6) is 0 Å². The predicted molar refractivity (Wildman–Crippen MR) is 119 cm³/mol. The van der Waals surface area contributed by atoms with E-state index in [0.717, 1.165) is 64.2 Å². The molecule has 0 spiro atoms. The second kappa shape index (κ2) is 11.2. The normalized spacial score (nSPS) is 18.0. The summed E-state index contributed by atoms with van der Waals surface area (Å²) in [4.78, 5) is 23.1. The lowest BCUT2D eigenvalue weighted by Gasteiger charge is -2.35. The van der Waals surface area contributed by atoms with Crippen LogP contribution in [0.15, 0.2) is 23.2 Å². The topological polar surface area (TPSA) is 63.2 Å². The number of guanidine groups is 1. The lowest BCUT2D eigenvalue weighted by atomic mass is 10.1. The number of amides is 1. The van der Waals surface area contributed by atoms with Gasteiger partial charge in [-0.3, -0.25) is 4.79 Å². The van der Waals surface area contributed by atoms with Crippen molar-refractivity contribution < 1.29 is 9.18 Å². The third-order valence-corrected chi connectivity index (χ3v) is 5.80. The number of likely N-dealkylation sites (N-methyl/N-ethyl adjacent to an activating group) is 1. The maximum absolute atomic E-state index is 14.7. The molecule has 2 N–H and O–H groups in total. The standard InChI is InChI=1S/C22H35FN6O/c1-3-24-22(26-17-21(30)29-9-5-6-10-29)25-16-18-7-8-20(19(23)15-18)28-13-11-27(4-2)12-14-28/h7-8,15H,3-6,9-14,16-17H2,1-2H3,(H2,24,25,26). The van der Waals surface area contributed by atoms with Gasteiger partial charge in [0.1, 0.15) is 5.82 Å². The summed E-state index contributed by atoms with van der Waals surface area (Å²) in [5.74, 6) is 0.469. The molecule has 2 fully saturated rings. The number of rotatable bonds is 7. The molecule has 2 heterocycles. The van der Waals surface area contributed by atoms with Crippen molar-refractivity contribution in [3.63, 3.8) is 0 Å². The van der Waals surface area contributed by atoms with Crippen molar-refractivity contribution in [1.29, 1.82) is 0 Å². The van der Waals surface area contributed by atoms with E-state index in [4.69, 9.17) is 0 Å². The van der Waals surface area contributed by atoms with Gasteiger partial charge in [-0.2, -0.15) is 0 Å². The van der Waals surface area contributed by atoms with Crippen LogP contribution in [0.1, 0.15) is 32.3 Å². The van der Waals surface area contributed by atoms with Gasteiger partial charge in [0.2, 0.25) is 5.91 Å². The van der Waals surface area contributed by atoms with Gasteiger partial charge in [-0.25, -0.2) is 9.38 Å². The molecule has 7 nitrogen and oxygen atoms in total. The highest BCUT2D eigenvalue weighted by Crippen LogP contribution is 2.22. The average molecular weight is 419 g/mol. The number of benzene rings is 1. The summed E-state index contributed by atoms with van der Waals surface area (Å²) in [6.45, 7) is 11.8. The van der Waals surface area contributed by atoms with Crippen LogP contribution >= 0.6 is 0 Å². The highest BCUT2D eigenvalue weighted by Gasteiger charge is 2.19. The SMILES string of the molecule is CCNC(=NCc1ccc(N2CCN(CC)CC2)c(F)c1)NCC(=O)N1CCCC1. The molecular formula is C22H35FN6O. The van der Waals surface area contributed by atoms with E-state index in [1.807, 2.05) is 24.0 Å². The Morgan fingerprint density at radius 3 is 2.43 bits per heavy atom. The molecule has 0 saturated carbocycles. The van der Waals surface area contributed by atoms with Crippen LogP contribution in [0.25, 0.3) is 0 Å². The van der Waals surface area contributed by atoms with Crippen molar-refractivity contribution in [2.75, 3.05) is 63.8 Å². The zero-order valence-electron chi connectivity index (χ0n) is 18.3. The van der Waals surface area contributed by atoms with Crippen molar-refractivity contribution in [2.24, 2.45) is 4.99 Å². The van der Waals surface area contributed by atoms with Crippen molar-refractivity contribution in [1.82, 2.24) is 20.4 Å². The molecule has 0 bridgehead atoms. The fourth-order valence-corrected chi connectivity index (χ4v) is 3.96. The van der Waals surface area contributed by atoms with Crippen molar-refractivity contribution >= 4 is 17.6 Å². The first-order chi connectivity index (χ1) is 14.6.